The second-order valence-corrected chi connectivity index (χ2v) is 9.86. The van der Waals surface area contributed by atoms with E-state index in [0.29, 0.717) is 23.8 Å². The van der Waals surface area contributed by atoms with Gasteiger partial charge in [0.1, 0.15) is 29.7 Å². The molecule has 5 rings (SSSR count). The van der Waals surface area contributed by atoms with Gasteiger partial charge in [0.25, 0.3) is 0 Å². The predicted octanol–water partition coefficient (Wildman–Crippen LogP) is 1.84. The summed E-state index contributed by atoms with van der Waals surface area (Å²) >= 11 is 0. The van der Waals surface area contributed by atoms with Gasteiger partial charge in [0.2, 0.25) is 0 Å². The number of aliphatic hydroxyl groups is 2. The minimum atomic E-state index is -0.880. The van der Waals surface area contributed by atoms with Gasteiger partial charge in [-0.05, 0) is 43.0 Å². The molecule has 5 N–H and O–H groups in total. The summed E-state index contributed by atoms with van der Waals surface area (Å²) in [6.45, 7) is 8.37. The van der Waals surface area contributed by atoms with Crippen molar-refractivity contribution in [3.8, 4) is 0 Å². The number of aromatic nitrogens is 3. The van der Waals surface area contributed by atoms with Crippen molar-refractivity contribution >= 4 is 22.9 Å². The van der Waals surface area contributed by atoms with E-state index >= 15 is 0 Å². The van der Waals surface area contributed by atoms with Crippen LogP contribution in [-0.4, -0.2) is 74.6 Å². The molecule has 35 heavy (non-hydrogen) atoms. The first-order valence-electron chi connectivity index (χ1n) is 12.2. The van der Waals surface area contributed by atoms with Crippen molar-refractivity contribution in [2.24, 2.45) is 11.8 Å². The summed E-state index contributed by atoms with van der Waals surface area (Å²) in [7, 11) is 0. The Bertz CT molecular complexity index is 1180. The molecular formula is C26H33FN6O2. The Morgan fingerprint density at radius 2 is 1.94 bits per heavy atom. The van der Waals surface area contributed by atoms with Crippen LogP contribution in [0.4, 0.5) is 10.2 Å². The fourth-order valence-electron chi connectivity index (χ4n) is 5.58. The molecule has 1 aliphatic carbocycles. The Hall–Kier alpha value is -2.85. The van der Waals surface area contributed by atoms with Crippen LogP contribution in [0.3, 0.4) is 0 Å². The zero-order chi connectivity index (χ0) is 24.5. The second-order valence-electron chi connectivity index (χ2n) is 9.86. The van der Waals surface area contributed by atoms with Gasteiger partial charge in [0.05, 0.1) is 17.5 Å². The van der Waals surface area contributed by atoms with Crippen molar-refractivity contribution in [2.45, 2.75) is 31.1 Å². The third-order valence-electron chi connectivity index (χ3n) is 7.48. The summed E-state index contributed by atoms with van der Waals surface area (Å²) in [5.74, 6) is 0.729. The maximum absolute atomic E-state index is 13.0. The van der Waals surface area contributed by atoms with Crippen molar-refractivity contribution < 1.29 is 14.6 Å². The van der Waals surface area contributed by atoms with Gasteiger partial charge in [-0.25, -0.2) is 14.4 Å². The molecule has 186 valence electrons. The Balaban J connectivity index is 1.12. The molecule has 3 aromatic rings. The van der Waals surface area contributed by atoms with Crippen LogP contribution in [0.2, 0.25) is 0 Å². The third kappa shape index (κ3) is 4.81. The molecule has 0 bridgehead atoms. The van der Waals surface area contributed by atoms with Gasteiger partial charge in [-0.1, -0.05) is 24.8 Å². The molecule has 1 saturated carbocycles. The number of hydrogen-bond acceptors (Lipinski definition) is 7. The Morgan fingerprint density at radius 1 is 1.17 bits per heavy atom. The molecule has 1 aromatic carbocycles. The van der Waals surface area contributed by atoms with Crippen molar-refractivity contribution in [1.29, 1.82) is 0 Å². The number of benzene rings is 1. The maximum atomic E-state index is 13.0. The van der Waals surface area contributed by atoms with E-state index in [1.165, 1.54) is 18.5 Å². The van der Waals surface area contributed by atoms with E-state index in [2.05, 4.69) is 26.8 Å². The molecule has 0 spiro atoms. The van der Waals surface area contributed by atoms with Crippen molar-refractivity contribution in [3.05, 3.63) is 60.3 Å². The minimum Gasteiger partial charge on any atom is -0.390 e. The molecule has 1 aliphatic heterocycles. The highest BCUT2D eigenvalue weighted by molar-refractivity contribution is 5.94. The average molecular weight is 481 g/mol. The lowest BCUT2D eigenvalue weighted by Gasteiger charge is -2.41. The topological polar surface area (TPSA) is 112 Å². The zero-order valence-corrected chi connectivity index (χ0v) is 19.7. The van der Waals surface area contributed by atoms with E-state index < -0.39 is 12.2 Å². The third-order valence-corrected chi connectivity index (χ3v) is 7.48. The van der Waals surface area contributed by atoms with E-state index in [0.717, 1.165) is 55.7 Å². The average Bonchev–Trinajstić information content (AvgIpc) is 3.34. The normalized spacial score (nSPS) is 25.2. The standard InChI is InChI=1S/C26H33FN6O2/c1-2-18-14-33(26-22(18)25(28)30-15-31-26)21-9-19(23(34)24(21)35)13-32-11-17(12-32)10-29-8-7-16-3-5-20(27)6-4-16/h2-6,14-15,17,19,21,23-24,29,34-35H,1,7-13H2,(H2,28,30,31)/t19-,21-,23-,24+/m1/s1. The summed E-state index contributed by atoms with van der Waals surface area (Å²) in [5, 5.41) is 25.9. The molecule has 1 saturated heterocycles. The van der Waals surface area contributed by atoms with Gasteiger partial charge in [-0.2, -0.15) is 0 Å². The van der Waals surface area contributed by atoms with Crippen molar-refractivity contribution in [2.75, 3.05) is 38.5 Å². The molecule has 2 fully saturated rings. The highest BCUT2D eigenvalue weighted by Gasteiger charge is 2.44. The summed E-state index contributed by atoms with van der Waals surface area (Å²) in [6, 6.07) is 6.36. The molecule has 0 amide bonds. The summed E-state index contributed by atoms with van der Waals surface area (Å²) in [6.07, 6.45) is 4.88. The number of aliphatic hydroxyl groups excluding tert-OH is 2. The quantitative estimate of drug-likeness (QED) is 0.346. The van der Waals surface area contributed by atoms with Gasteiger partial charge in [0, 0.05) is 43.9 Å². The first kappa shape index (κ1) is 23.9. The summed E-state index contributed by atoms with van der Waals surface area (Å²) < 4.78 is 14.9. The van der Waals surface area contributed by atoms with Crippen LogP contribution in [-0.2, 0) is 6.42 Å². The number of hydrogen-bond donors (Lipinski definition) is 4. The maximum Gasteiger partial charge on any atom is 0.146 e. The Morgan fingerprint density at radius 3 is 2.69 bits per heavy atom. The lowest BCUT2D eigenvalue weighted by molar-refractivity contribution is -0.0103. The molecule has 8 nitrogen and oxygen atoms in total. The van der Waals surface area contributed by atoms with Crippen LogP contribution in [0.25, 0.3) is 17.1 Å². The molecule has 9 heteroatoms. The van der Waals surface area contributed by atoms with Gasteiger partial charge >= 0.3 is 0 Å². The molecule has 3 heterocycles. The first-order chi connectivity index (χ1) is 16.9. The number of rotatable bonds is 9. The number of nitrogens with two attached hydrogens (primary N) is 1. The number of nitrogens with zero attached hydrogens (tertiary/aromatic N) is 4. The van der Waals surface area contributed by atoms with E-state index in [9.17, 15) is 14.6 Å². The number of likely N-dealkylation sites (tertiary alicyclic amines) is 1. The Kier molecular flexibility index (Phi) is 6.84. The molecule has 2 aliphatic rings. The number of halogens is 1. The molecule has 2 aromatic heterocycles. The highest BCUT2D eigenvalue weighted by Crippen LogP contribution is 2.39. The van der Waals surface area contributed by atoms with Crippen molar-refractivity contribution in [1.82, 2.24) is 24.8 Å². The predicted molar refractivity (Wildman–Crippen MR) is 134 cm³/mol. The summed E-state index contributed by atoms with van der Waals surface area (Å²) in [4.78, 5) is 10.8. The van der Waals surface area contributed by atoms with Gasteiger partial charge in [-0.15, -0.1) is 0 Å². The van der Waals surface area contributed by atoms with Crippen LogP contribution in [0, 0.1) is 17.7 Å². The molecule has 0 radical (unpaired) electrons. The van der Waals surface area contributed by atoms with Crippen LogP contribution < -0.4 is 11.1 Å². The van der Waals surface area contributed by atoms with E-state index in [4.69, 9.17) is 5.73 Å². The number of anilines is 1. The smallest absolute Gasteiger partial charge is 0.146 e. The highest BCUT2D eigenvalue weighted by atomic mass is 19.1. The number of nitrogen functional groups attached to an aromatic ring is 1. The molecule has 4 atom stereocenters. The number of fused-ring (bicyclic) bond motifs is 1. The zero-order valence-electron chi connectivity index (χ0n) is 19.7. The molecule has 0 unspecified atom stereocenters. The van der Waals surface area contributed by atoms with Gasteiger partial charge in [-0.3, -0.25) is 0 Å². The van der Waals surface area contributed by atoms with Gasteiger partial charge < -0.3 is 30.7 Å². The van der Waals surface area contributed by atoms with Crippen LogP contribution in [0.1, 0.15) is 23.6 Å². The summed E-state index contributed by atoms with van der Waals surface area (Å²) in [5.41, 5.74) is 8.67. The van der Waals surface area contributed by atoms with Gasteiger partial charge in [0.15, 0.2) is 0 Å². The van der Waals surface area contributed by atoms with Crippen molar-refractivity contribution in [3.63, 3.8) is 0 Å². The largest absolute Gasteiger partial charge is 0.390 e. The minimum absolute atomic E-state index is 0.0220. The fourth-order valence-corrected chi connectivity index (χ4v) is 5.58. The lowest BCUT2D eigenvalue weighted by atomic mass is 9.96. The second kappa shape index (κ2) is 10.0. The van der Waals surface area contributed by atoms with Crippen LogP contribution in [0.15, 0.2) is 43.4 Å². The van der Waals surface area contributed by atoms with E-state index in [1.54, 1.807) is 6.08 Å². The number of nitrogens with one attached hydrogen (secondary N) is 1. The van der Waals surface area contributed by atoms with Crippen LogP contribution in [0.5, 0.6) is 0 Å². The molecular weight excluding hydrogens is 447 g/mol. The SMILES string of the molecule is C=Cc1cn([C@@H]2C[C@H](CN3CC(CNCCc4ccc(F)cc4)C3)[C@@H](O)[C@H]2O)c2ncnc(N)c12. The van der Waals surface area contributed by atoms with E-state index in [-0.39, 0.29) is 17.8 Å². The Labute approximate surface area is 204 Å². The van der Waals surface area contributed by atoms with E-state index in [1.807, 2.05) is 22.9 Å². The van der Waals surface area contributed by atoms with Crippen LogP contribution >= 0.6 is 0 Å². The lowest BCUT2D eigenvalue weighted by Crippen LogP contribution is -2.53. The fraction of sp³-hybridized carbons (Fsp3) is 0.462. The monoisotopic (exact) mass is 480 g/mol. The first-order valence-corrected chi connectivity index (χ1v) is 12.2.